The molecule has 0 spiro atoms. The van der Waals surface area contributed by atoms with Gasteiger partial charge in [0.05, 0.1) is 23.9 Å². The molecular weight excluding hydrogens is 426 g/mol. The number of nitrogen functional groups attached to an aromatic ring is 1. The van der Waals surface area contributed by atoms with Crippen molar-refractivity contribution < 1.29 is 4.74 Å². The summed E-state index contributed by atoms with van der Waals surface area (Å²) < 4.78 is 7.16. The Morgan fingerprint density at radius 2 is 1.62 bits per heavy atom. The van der Waals surface area contributed by atoms with Gasteiger partial charge in [-0.2, -0.15) is 10.1 Å². The normalized spacial score (nSPS) is 14.2. The molecule has 164 valence electrons. The highest BCUT2D eigenvalue weighted by molar-refractivity contribution is 6.33. The van der Waals surface area contributed by atoms with E-state index in [4.69, 9.17) is 32.0 Å². The summed E-state index contributed by atoms with van der Waals surface area (Å²) in [6, 6.07) is 15.7. The van der Waals surface area contributed by atoms with Crippen molar-refractivity contribution in [2.24, 2.45) is 7.05 Å². The van der Waals surface area contributed by atoms with Crippen molar-refractivity contribution in [1.29, 1.82) is 0 Å². The van der Waals surface area contributed by atoms with Crippen LogP contribution in [-0.4, -0.2) is 53.0 Å². The van der Waals surface area contributed by atoms with E-state index in [9.17, 15) is 0 Å². The summed E-state index contributed by atoms with van der Waals surface area (Å²) >= 11 is 6.51. The quantitative estimate of drug-likeness (QED) is 0.509. The predicted molar refractivity (Wildman–Crippen MR) is 129 cm³/mol. The van der Waals surface area contributed by atoms with Gasteiger partial charge in [-0.05, 0) is 18.2 Å². The molecular formula is C23H24ClN7O. The summed E-state index contributed by atoms with van der Waals surface area (Å²) in [6.45, 7) is 3.20. The Hall–Kier alpha value is -3.52. The van der Waals surface area contributed by atoms with Crippen molar-refractivity contribution in [2.45, 2.75) is 0 Å². The number of anilines is 3. The van der Waals surface area contributed by atoms with Gasteiger partial charge < -0.3 is 20.3 Å². The Balaban J connectivity index is 1.50. The molecule has 1 saturated heterocycles. The summed E-state index contributed by atoms with van der Waals surface area (Å²) in [5.74, 6) is 2.02. The van der Waals surface area contributed by atoms with Crippen molar-refractivity contribution in [2.75, 3.05) is 48.8 Å². The molecule has 0 bridgehead atoms. The van der Waals surface area contributed by atoms with Crippen LogP contribution in [0.25, 0.3) is 22.3 Å². The van der Waals surface area contributed by atoms with Crippen molar-refractivity contribution in [1.82, 2.24) is 19.7 Å². The Morgan fingerprint density at radius 3 is 2.38 bits per heavy atom. The number of para-hydroxylation sites is 2. The van der Waals surface area contributed by atoms with Gasteiger partial charge in [0.2, 0.25) is 5.95 Å². The molecule has 0 unspecified atom stereocenters. The first-order chi connectivity index (χ1) is 15.6. The molecule has 8 nitrogen and oxygen atoms in total. The molecule has 4 aromatic rings. The molecule has 1 aliphatic rings. The highest BCUT2D eigenvalue weighted by Gasteiger charge is 2.25. The number of piperazine rings is 1. The first-order valence-corrected chi connectivity index (χ1v) is 10.8. The first kappa shape index (κ1) is 20.4. The second-order valence-corrected chi connectivity index (χ2v) is 8.11. The van der Waals surface area contributed by atoms with E-state index in [-0.39, 0.29) is 0 Å². The molecule has 2 aromatic heterocycles. The Morgan fingerprint density at radius 1 is 0.938 bits per heavy atom. The minimum Gasteiger partial charge on any atom is -0.495 e. The van der Waals surface area contributed by atoms with Crippen molar-refractivity contribution in [3.05, 3.63) is 53.6 Å². The van der Waals surface area contributed by atoms with Gasteiger partial charge in [-0.1, -0.05) is 41.9 Å². The number of ether oxygens (including phenoxy) is 1. The number of rotatable bonds is 4. The number of nitrogens with zero attached hydrogens (tertiary/aromatic N) is 6. The summed E-state index contributed by atoms with van der Waals surface area (Å²) in [5.41, 5.74) is 9.49. The van der Waals surface area contributed by atoms with Gasteiger partial charge in [-0.15, -0.1) is 0 Å². The molecule has 0 amide bonds. The lowest BCUT2D eigenvalue weighted by Gasteiger charge is -2.36. The van der Waals surface area contributed by atoms with Crippen LogP contribution in [0.15, 0.2) is 48.5 Å². The van der Waals surface area contributed by atoms with Crippen LogP contribution in [0.2, 0.25) is 5.02 Å². The summed E-state index contributed by atoms with van der Waals surface area (Å²) in [4.78, 5) is 14.2. The van der Waals surface area contributed by atoms with Gasteiger partial charge in [0.15, 0.2) is 5.65 Å². The number of fused-ring (bicyclic) bond motifs is 1. The molecule has 9 heteroatoms. The molecule has 0 saturated carbocycles. The van der Waals surface area contributed by atoms with E-state index >= 15 is 0 Å². The van der Waals surface area contributed by atoms with Gasteiger partial charge in [-0.25, -0.2) is 4.98 Å². The van der Waals surface area contributed by atoms with Gasteiger partial charge in [0, 0.05) is 43.8 Å². The molecule has 5 rings (SSSR count). The largest absolute Gasteiger partial charge is 0.495 e. The van der Waals surface area contributed by atoms with Crippen molar-refractivity contribution in [3.63, 3.8) is 0 Å². The number of hydrogen-bond acceptors (Lipinski definition) is 7. The molecule has 0 aliphatic carbocycles. The third-order valence-corrected chi connectivity index (χ3v) is 6.17. The number of aromatic nitrogens is 4. The number of halogens is 1. The minimum atomic E-state index is 0.516. The van der Waals surface area contributed by atoms with E-state index in [0.29, 0.717) is 28.1 Å². The molecule has 3 heterocycles. The molecule has 2 N–H and O–H groups in total. The third kappa shape index (κ3) is 3.46. The minimum absolute atomic E-state index is 0.516. The standard InChI is InChI=1S/C23H24ClN7O/c1-29-21(25)19-20(15-7-3-4-8-16(15)24)26-23(27-22(19)28-29)31-13-11-30(12-14-31)17-9-5-6-10-18(17)32-2/h3-10H,11-14,25H2,1-2H3. The van der Waals surface area contributed by atoms with E-state index < -0.39 is 0 Å². The molecule has 2 aromatic carbocycles. The molecule has 1 aliphatic heterocycles. The smallest absolute Gasteiger partial charge is 0.228 e. The number of nitrogens with two attached hydrogens (primary N) is 1. The van der Waals surface area contributed by atoms with E-state index in [1.54, 1.807) is 18.8 Å². The fourth-order valence-electron chi connectivity index (χ4n) is 4.13. The van der Waals surface area contributed by atoms with Crippen LogP contribution in [0.4, 0.5) is 17.5 Å². The lowest BCUT2D eigenvalue weighted by atomic mass is 10.1. The zero-order valence-corrected chi connectivity index (χ0v) is 18.8. The average molecular weight is 450 g/mol. The zero-order chi connectivity index (χ0) is 22.2. The van der Waals surface area contributed by atoms with Crippen LogP contribution in [0, 0.1) is 0 Å². The third-order valence-electron chi connectivity index (χ3n) is 5.84. The van der Waals surface area contributed by atoms with Crippen LogP contribution in [-0.2, 0) is 7.05 Å². The molecule has 1 fully saturated rings. The lowest BCUT2D eigenvalue weighted by Crippen LogP contribution is -2.47. The van der Waals surface area contributed by atoms with Crippen LogP contribution in [0.5, 0.6) is 5.75 Å². The second kappa shape index (κ2) is 8.20. The van der Waals surface area contributed by atoms with Gasteiger partial charge >= 0.3 is 0 Å². The van der Waals surface area contributed by atoms with Crippen molar-refractivity contribution >= 4 is 40.1 Å². The summed E-state index contributed by atoms with van der Waals surface area (Å²) in [6.07, 6.45) is 0. The predicted octanol–water partition coefficient (Wildman–Crippen LogP) is 3.60. The summed E-state index contributed by atoms with van der Waals surface area (Å²) in [7, 11) is 3.51. The topological polar surface area (TPSA) is 85.3 Å². The maximum Gasteiger partial charge on any atom is 0.228 e. The van der Waals surface area contributed by atoms with Gasteiger partial charge in [-0.3, -0.25) is 4.68 Å². The fraction of sp³-hybridized carbons (Fsp3) is 0.261. The maximum atomic E-state index is 6.51. The SMILES string of the molecule is COc1ccccc1N1CCN(c2nc(-c3ccccc3Cl)c3c(N)n(C)nc3n2)CC1. The molecule has 0 atom stereocenters. The van der Waals surface area contributed by atoms with Crippen molar-refractivity contribution in [3.8, 4) is 17.0 Å². The average Bonchev–Trinajstić information content (AvgIpc) is 3.12. The van der Waals surface area contributed by atoms with Crippen LogP contribution in [0.1, 0.15) is 0 Å². The lowest BCUT2D eigenvalue weighted by molar-refractivity contribution is 0.413. The Bertz CT molecular complexity index is 1280. The monoisotopic (exact) mass is 449 g/mol. The van der Waals surface area contributed by atoms with Crippen LogP contribution < -0.4 is 20.3 Å². The van der Waals surface area contributed by atoms with E-state index in [2.05, 4.69) is 21.0 Å². The number of benzene rings is 2. The number of hydrogen-bond donors (Lipinski definition) is 1. The van der Waals surface area contributed by atoms with E-state index in [0.717, 1.165) is 48.6 Å². The van der Waals surface area contributed by atoms with Gasteiger partial charge in [0.1, 0.15) is 11.6 Å². The zero-order valence-electron chi connectivity index (χ0n) is 18.0. The highest BCUT2D eigenvalue weighted by Crippen LogP contribution is 2.36. The second-order valence-electron chi connectivity index (χ2n) is 7.71. The van der Waals surface area contributed by atoms with E-state index in [1.165, 1.54) is 0 Å². The van der Waals surface area contributed by atoms with E-state index in [1.807, 2.05) is 42.5 Å². The first-order valence-electron chi connectivity index (χ1n) is 10.4. The number of aryl methyl sites for hydroxylation is 1. The molecule has 0 radical (unpaired) electrons. The Kier molecular flexibility index (Phi) is 5.22. The van der Waals surface area contributed by atoms with Gasteiger partial charge in [0.25, 0.3) is 0 Å². The Labute approximate surface area is 191 Å². The summed E-state index contributed by atoms with van der Waals surface area (Å²) in [5, 5.41) is 5.85. The number of methoxy groups -OCH3 is 1. The highest BCUT2D eigenvalue weighted by atomic mass is 35.5. The molecule has 32 heavy (non-hydrogen) atoms. The van der Waals surface area contributed by atoms with Crippen LogP contribution >= 0.6 is 11.6 Å². The van der Waals surface area contributed by atoms with Crippen LogP contribution in [0.3, 0.4) is 0 Å². The maximum absolute atomic E-state index is 6.51. The fourth-order valence-corrected chi connectivity index (χ4v) is 4.36.